The molecule has 6 nitrogen and oxygen atoms in total. The van der Waals surface area contributed by atoms with Gasteiger partial charge in [0.15, 0.2) is 0 Å². The van der Waals surface area contributed by atoms with Gasteiger partial charge in [0, 0.05) is 33.3 Å². The number of carbonyl (C=O) groups excluding carboxylic acids is 2. The zero-order chi connectivity index (χ0) is 15.1. The number of hydrazine groups is 1. The third kappa shape index (κ3) is 5.71. The molecule has 0 spiro atoms. The van der Waals surface area contributed by atoms with E-state index in [4.69, 9.17) is 0 Å². The highest BCUT2D eigenvalue weighted by atomic mass is 16.2. The predicted octanol–water partition coefficient (Wildman–Crippen LogP) is 0.352. The number of rotatable bonds is 5. The minimum atomic E-state index is -0.291. The largest absolute Gasteiger partial charge is 0.378 e. The lowest BCUT2D eigenvalue weighted by atomic mass is 10.2. The van der Waals surface area contributed by atoms with Crippen molar-refractivity contribution in [1.82, 2.24) is 15.8 Å². The first kappa shape index (κ1) is 16.0. The molecule has 20 heavy (non-hydrogen) atoms. The van der Waals surface area contributed by atoms with Crippen LogP contribution in [0.2, 0.25) is 0 Å². The van der Waals surface area contributed by atoms with Crippen LogP contribution in [0, 0.1) is 0 Å². The maximum absolute atomic E-state index is 11.5. The zero-order valence-corrected chi connectivity index (χ0v) is 12.4. The van der Waals surface area contributed by atoms with E-state index in [-0.39, 0.29) is 18.4 Å². The second-order valence-electron chi connectivity index (χ2n) is 4.96. The van der Waals surface area contributed by atoms with Crippen molar-refractivity contribution in [2.24, 2.45) is 0 Å². The molecule has 6 heteroatoms. The summed E-state index contributed by atoms with van der Waals surface area (Å²) in [5.41, 5.74) is 6.87. The zero-order valence-electron chi connectivity index (χ0n) is 12.4. The van der Waals surface area contributed by atoms with Crippen molar-refractivity contribution in [2.75, 3.05) is 32.6 Å². The Morgan fingerprint density at radius 2 is 1.65 bits per heavy atom. The summed E-state index contributed by atoms with van der Waals surface area (Å²) in [6, 6.07) is 8.16. The molecule has 0 aliphatic rings. The van der Waals surface area contributed by atoms with Crippen LogP contribution in [0.5, 0.6) is 0 Å². The van der Waals surface area contributed by atoms with Gasteiger partial charge in [-0.25, -0.2) is 0 Å². The number of amides is 2. The van der Waals surface area contributed by atoms with Crippen LogP contribution in [-0.4, -0.2) is 44.4 Å². The van der Waals surface area contributed by atoms with Gasteiger partial charge >= 0.3 is 0 Å². The summed E-state index contributed by atoms with van der Waals surface area (Å²) >= 11 is 0. The van der Waals surface area contributed by atoms with Crippen molar-refractivity contribution in [3.63, 3.8) is 0 Å². The number of benzene rings is 1. The molecular formula is C14H22N4O2. The lowest BCUT2D eigenvalue weighted by Crippen LogP contribution is -2.44. The predicted molar refractivity (Wildman–Crippen MR) is 79.1 cm³/mol. The van der Waals surface area contributed by atoms with E-state index in [9.17, 15) is 9.59 Å². The highest BCUT2D eigenvalue weighted by Crippen LogP contribution is 2.13. The third-order valence-electron chi connectivity index (χ3n) is 2.70. The Labute approximate surface area is 119 Å². The summed E-state index contributed by atoms with van der Waals surface area (Å²) in [5, 5.41) is 0. The van der Waals surface area contributed by atoms with E-state index >= 15 is 0 Å². The summed E-state index contributed by atoms with van der Waals surface area (Å²) in [6.07, 6.45) is 0. The van der Waals surface area contributed by atoms with Crippen LogP contribution in [0.1, 0.15) is 12.5 Å². The van der Waals surface area contributed by atoms with Crippen LogP contribution in [0.15, 0.2) is 24.3 Å². The Kier molecular flexibility index (Phi) is 5.99. The van der Waals surface area contributed by atoms with Gasteiger partial charge in [-0.1, -0.05) is 12.1 Å². The van der Waals surface area contributed by atoms with E-state index in [1.54, 1.807) is 0 Å². The summed E-state index contributed by atoms with van der Waals surface area (Å²) in [6.45, 7) is 2.23. The van der Waals surface area contributed by atoms with E-state index in [1.807, 2.05) is 55.2 Å². The molecule has 0 aromatic heterocycles. The van der Waals surface area contributed by atoms with Crippen LogP contribution in [0.4, 0.5) is 5.69 Å². The molecule has 1 aromatic carbocycles. The maximum Gasteiger partial charge on any atom is 0.252 e. The molecule has 0 aliphatic heterocycles. The normalized spacial score (nSPS) is 10.2. The Morgan fingerprint density at radius 1 is 1.05 bits per heavy atom. The lowest BCUT2D eigenvalue weighted by molar-refractivity contribution is -0.128. The van der Waals surface area contributed by atoms with Gasteiger partial charge < -0.3 is 4.90 Å². The molecule has 1 aromatic rings. The van der Waals surface area contributed by atoms with Crippen molar-refractivity contribution in [3.8, 4) is 0 Å². The number of nitrogens with zero attached hydrogens (tertiary/aromatic N) is 2. The van der Waals surface area contributed by atoms with Gasteiger partial charge in [-0.05, 0) is 24.7 Å². The molecule has 0 heterocycles. The summed E-state index contributed by atoms with van der Waals surface area (Å²) in [4.78, 5) is 26.1. The number of hydrogen-bond donors (Lipinski definition) is 2. The summed E-state index contributed by atoms with van der Waals surface area (Å²) in [7, 11) is 5.84. The quantitative estimate of drug-likeness (QED) is 0.763. The number of likely N-dealkylation sites (N-methyl/N-ethyl adjacent to an activating group) is 1. The van der Waals surface area contributed by atoms with Crippen LogP contribution in [-0.2, 0) is 16.1 Å². The molecule has 0 atom stereocenters. The highest BCUT2D eigenvalue weighted by molar-refractivity contribution is 5.81. The van der Waals surface area contributed by atoms with Crippen LogP contribution >= 0.6 is 0 Å². The Bertz CT molecular complexity index is 457. The lowest BCUT2D eigenvalue weighted by Gasteiger charge is -2.17. The van der Waals surface area contributed by atoms with E-state index in [2.05, 4.69) is 10.9 Å². The molecule has 0 radical (unpaired) electrons. The molecule has 2 N–H and O–H groups in total. The van der Waals surface area contributed by atoms with E-state index in [0.717, 1.165) is 11.3 Å². The third-order valence-corrected chi connectivity index (χ3v) is 2.70. The van der Waals surface area contributed by atoms with Gasteiger partial charge in [0.1, 0.15) is 0 Å². The average Bonchev–Trinajstić information content (AvgIpc) is 2.36. The fourth-order valence-electron chi connectivity index (χ4n) is 1.71. The van der Waals surface area contributed by atoms with E-state index in [0.29, 0.717) is 6.54 Å². The van der Waals surface area contributed by atoms with Crippen LogP contribution in [0.25, 0.3) is 0 Å². The van der Waals surface area contributed by atoms with Crippen molar-refractivity contribution < 1.29 is 9.59 Å². The monoisotopic (exact) mass is 278 g/mol. The van der Waals surface area contributed by atoms with Gasteiger partial charge in [-0.2, -0.15) is 0 Å². The first-order chi connectivity index (χ1) is 9.38. The fraction of sp³-hybridized carbons (Fsp3) is 0.429. The topological polar surface area (TPSA) is 64.7 Å². The first-order valence-electron chi connectivity index (χ1n) is 6.38. The van der Waals surface area contributed by atoms with Crippen molar-refractivity contribution in [1.29, 1.82) is 0 Å². The van der Waals surface area contributed by atoms with Crippen LogP contribution < -0.4 is 15.8 Å². The molecule has 0 unspecified atom stereocenters. The van der Waals surface area contributed by atoms with Crippen molar-refractivity contribution in [2.45, 2.75) is 13.5 Å². The smallest absolute Gasteiger partial charge is 0.252 e. The van der Waals surface area contributed by atoms with Gasteiger partial charge in [0.2, 0.25) is 5.91 Å². The Morgan fingerprint density at radius 3 is 2.15 bits per heavy atom. The molecule has 0 bridgehead atoms. The van der Waals surface area contributed by atoms with Gasteiger partial charge in [-0.3, -0.25) is 25.3 Å². The van der Waals surface area contributed by atoms with Crippen LogP contribution in [0.3, 0.4) is 0 Å². The van der Waals surface area contributed by atoms with Crippen molar-refractivity contribution >= 4 is 17.5 Å². The minimum absolute atomic E-state index is 0.218. The number of nitrogens with one attached hydrogen (secondary N) is 2. The summed E-state index contributed by atoms with van der Waals surface area (Å²) in [5.74, 6) is -0.534. The van der Waals surface area contributed by atoms with E-state index < -0.39 is 0 Å². The molecule has 0 aliphatic carbocycles. The van der Waals surface area contributed by atoms with Gasteiger partial charge in [0.05, 0.1) is 6.54 Å². The fourth-order valence-corrected chi connectivity index (χ4v) is 1.71. The van der Waals surface area contributed by atoms with Gasteiger partial charge in [-0.15, -0.1) is 0 Å². The Hall–Kier alpha value is -2.08. The second-order valence-corrected chi connectivity index (χ2v) is 4.96. The molecule has 0 saturated heterocycles. The van der Waals surface area contributed by atoms with Crippen molar-refractivity contribution in [3.05, 3.63) is 29.8 Å². The molecule has 0 fully saturated rings. The highest BCUT2D eigenvalue weighted by Gasteiger charge is 2.07. The van der Waals surface area contributed by atoms with Gasteiger partial charge in [0.25, 0.3) is 5.91 Å². The maximum atomic E-state index is 11.5. The molecule has 2 amide bonds. The number of carbonyl (C=O) groups is 2. The standard InChI is InChI=1S/C14H22N4O2/c1-11(19)15-16-14(20)10-18(4)9-12-5-7-13(8-6-12)17(2)3/h5-8H,9-10H2,1-4H3,(H,15,19)(H,16,20). The molecule has 1 rings (SSSR count). The first-order valence-corrected chi connectivity index (χ1v) is 6.38. The molecular weight excluding hydrogens is 256 g/mol. The number of hydrogen-bond acceptors (Lipinski definition) is 4. The summed E-state index contributed by atoms with van der Waals surface area (Å²) < 4.78 is 0. The van der Waals surface area contributed by atoms with E-state index in [1.165, 1.54) is 6.92 Å². The Balaban J connectivity index is 2.43. The molecule has 110 valence electrons. The minimum Gasteiger partial charge on any atom is -0.378 e. The SMILES string of the molecule is CC(=O)NNC(=O)CN(C)Cc1ccc(N(C)C)cc1. The number of anilines is 1. The second kappa shape index (κ2) is 7.49. The average molecular weight is 278 g/mol. The molecule has 0 saturated carbocycles.